The quantitative estimate of drug-likeness (QED) is 0.786. The highest BCUT2D eigenvalue weighted by Crippen LogP contribution is 2.16. The number of anilines is 1. The van der Waals surface area contributed by atoms with Gasteiger partial charge in [-0.05, 0) is 22.4 Å². The molecule has 0 unspecified atom stereocenters. The van der Waals surface area contributed by atoms with Crippen molar-refractivity contribution in [3.8, 4) is 6.07 Å². The van der Waals surface area contributed by atoms with Gasteiger partial charge >= 0.3 is 0 Å². The lowest BCUT2D eigenvalue weighted by molar-refractivity contribution is 1.07. The average Bonchev–Trinajstić information content (AvgIpc) is 2.53. The fraction of sp³-hybridized carbons (Fsp3) is 0.0625. The molecule has 3 aromatic rings. The van der Waals surface area contributed by atoms with Crippen LogP contribution in [0.3, 0.4) is 0 Å². The van der Waals surface area contributed by atoms with Gasteiger partial charge in [0.25, 0.3) is 0 Å². The van der Waals surface area contributed by atoms with Gasteiger partial charge in [0, 0.05) is 18.9 Å². The molecule has 0 saturated heterocycles. The second kappa shape index (κ2) is 5.37. The molecule has 0 aliphatic carbocycles. The minimum absolute atomic E-state index is 0.313. The van der Waals surface area contributed by atoms with Gasteiger partial charge in [-0.25, -0.2) is 9.97 Å². The van der Waals surface area contributed by atoms with E-state index >= 15 is 0 Å². The van der Waals surface area contributed by atoms with E-state index in [2.05, 4.69) is 45.6 Å². The van der Waals surface area contributed by atoms with Crippen LogP contribution in [-0.4, -0.2) is 9.97 Å². The second-order valence-electron chi connectivity index (χ2n) is 4.40. The van der Waals surface area contributed by atoms with Crippen LogP contribution in [0.1, 0.15) is 11.3 Å². The van der Waals surface area contributed by atoms with Gasteiger partial charge in [-0.3, -0.25) is 0 Å². The van der Waals surface area contributed by atoms with Crippen LogP contribution in [0.4, 0.5) is 5.82 Å². The number of nitrogens with zero attached hydrogens (tertiary/aromatic N) is 3. The van der Waals surface area contributed by atoms with Crippen molar-refractivity contribution in [2.24, 2.45) is 0 Å². The first-order valence-corrected chi connectivity index (χ1v) is 6.29. The molecule has 4 heteroatoms. The zero-order valence-electron chi connectivity index (χ0n) is 10.7. The summed E-state index contributed by atoms with van der Waals surface area (Å²) in [6.45, 7) is 0.609. The summed E-state index contributed by atoms with van der Waals surface area (Å²) in [6.07, 6.45) is 3.09. The van der Waals surface area contributed by atoms with Crippen LogP contribution in [-0.2, 0) is 6.54 Å². The lowest BCUT2D eigenvalue weighted by Crippen LogP contribution is -2.04. The number of rotatable bonds is 3. The number of nitriles is 1. The van der Waals surface area contributed by atoms with Gasteiger partial charge in [0.2, 0.25) is 0 Å². The Kier molecular flexibility index (Phi) is 3.25. The zero-order valence-corrected chi connectivity index (χ0v) is 10.7. The molecule has 0 saturated carbocycles. The Morgan fingerprint density at radius 2 is 1.80 bits per heavy atom. The molecular formula is C16H12N4. The van der Waals surface area contributed by atoms with Crippen LogP contribution in [0.15, 0.2) is 54.9 Å². The zero-order chi connectivity index (χ0) is 13.8. The van der Waals surface area contributed by atoms with Crippen LogP contribution in [0.5, 0.6) is 0 Å². The number of nitrogens with one attached hydrogen (secondary N) is 1. The van der Waals surface area contributed by atoms with Crippen molar-refractivity contribution in [1.29, 1.82) is 5.26 Å². The molecule has 0 atom stereocenters. The summed E-state index contributed by atoms with van der Waals surface area (Å²) in [5.74, 6) is 0.517. The maximum Gasteiger partial charge on any atom is 0.182 e. The molecule has 0 amide bonds. The smallest absolute Gasteiger partial charge is 0.182 e. The summed E-state index contributed by atoms with van der Waals surface area (Å²) in [7, 11) is 0. The van der Waals surface area contributed by atoms with Crippen molar-refractivity contribution in [3.05, 3.63) is 66.1 Å². The van der Waals surface area contributed by atoms with Crippen LogP contribution >= 0.6 is 0 Å². The Morgan fingerprint density at radius 1 is 1.00 bits per heavy atom. The molecule has 0 aliphatic rings. The Bertz CT molecular complexity index is 790. The van der Waals surface area contributed by atoms with E-state index in [1.165, 1.54) is 17.0 Å². The van der Waals surface area contributed by atoms with Crippen molar-refractivity contribution in [3.63, 3.8) is 0 Å². The summed E-state index contributed by atoms with van der Waals surface area (Å²) in [6, 6.07) is 16.5. The lowest BCUT2D eigenvalue weighted by Gasteiger charge is -2.07. The van der Waals surface area contributed by atoms with Gasteiger partial charge in [-0.2, -0.15) is 5.26 Å². The minimum atomic E-state index is 0.313. The molecule has 1 aromatic heterocycles. The van der Waals surface area contributed by atoms with E-state index in [0.29, 0.717) is 18.1 Å². The average molecular weight is 260 g/mol. The lowest BCUT2D eigenvalue weighted by atomic mass is 10.1. The monoisotopic (exact) mass is 260 g/mol. The minimum Gasteiger partial charge on any atom is -0.364 e. The van der Waals surface area contributed by atoms with Crippen LogP contribution in [0, 0.1) is 11.3 Å². The summed E-state index contributed by atoms with van der Waals surface area (Å²) in [5, 5.41) is 14.5. The van der Waals surface area contributed by atoms with E-state index in [1.807, 2.05) is 18.2 Å². The highest BCUT2D eigenvalue weighted by molar-refractivity contribution is 5.83. The molecule has 0 radical (unpaired) electrons. The van der Waals surface area contributed by atoms with E-state index in [9.17, 15) is 0 Å². The molecule has 0 spiro atoms. The highest BCUT2D eigenvalue weighted by atomic mass is 15.0. The maximum absolute atomic E-state index is 8.96. The van der Waals surface area contributed by atoms with Gasteiger partial charge in [0.1, 0.15) is 6.07 Å². The molecule has 0 bridgehead atoms. The summed E-state index contributed by atoms with van der Waals surface area (Å²) < 4.78 is 0. The number of fused-ring (bicyclic) bond motifs is 1. The van der Waals surface area contributed by atoms with Crippen LogP contribution in [0.2, 0.25) is 0 Å². The molecule has 1 N–H and O–H groups in total. The largest absolute Gasteiger partial charge is 0.364 e. The topological polar surface area (TPSA) is 61.6 Å². The number of benzene rings is 2. The normalized spacial score (nSPS) is 10.2. The first-order valence-electron chi connectivity index (χ1n) is 6.29. The van der Waals surface area contributed by atoms with Crippen molar-refractivity contribution in [2.45, 2.75) is 6.54 Å². The predicted octanol–water partition coefficient (Wildman–Crippen LogP) is 3.11. The number of hydrogen-bond donors (Lipinski definition) is 1. The summed E-state index contributed by atoms with van der Waals surface area (Å²) in [5.41, 5.74) is 1.45. The highest BCUT2D eigenvalue weighted by Gasteiger charge is 2.03. The van der Waals surface area contributed by atoms with Crippen molar-refractivity contribution in [2.75, 3.05) is 5.32 Å². The maximum atomic E-state index is 8.96. The Morgan fingerprint density at radius 3 is 2.65 bits per heavy atom. The SMILES string of the molecule is N#Cc1nccnc1NCc1ccc2ccccc2c1. The molecule has 2 aromatic carbocycles. The van der Waals surface area contributed by atoms with E-state index in [0.717, 1.165) is 5.56 Å². The molecule has 0 aliphatic heterocycles. The molecule has 20 heavy (non-hydrogen) atoms. The van der Waals surface area contributed by atoms with Crippen molar-refractivity contribution >= 4 is 16.6 Å². The van der Waals surface area contributed by atoms with E-state index in [4.69, 9.17) is 5.26 Å². The van der Waals surface area contributed by atoms with Gasteiger partial charge in [0.05, 0.1) is 0 Å². The first kappa shape index (κ1) is 12.1. The van der Waals surface area contributed by atoms with Gasteiger partial charge in [-0.1, -0.05) is 36.4 Å². The predicted molar refractivity (Wildman–Crippen MR) is 78.0 cm³/mol. The van der Waals surface area contributed by atoms with Crippen LogP contribution in [0.25, 0.3) is 10.8 Å². The first-order chi connectivity index (χ1) is 9.86. The molecule has 0 fully saturated rings. The molecule has 1 heterocycles. The molecular weight excluding hydrogens is 248 g/mol. The molecule has 96 valence electrons. The third-order valence-electron chi connectivity index (χ3n) is 3.08. The molecule has 4 nitrogen and oxygen atoms in total. The fourth-order valence-electron chi connectivity index (χ4n) is 2.08. The second-order valence-corrected chi connectivity index (χ2v) is 4.40. The number of hydrogen-bond acceptors (Lipinski definition) is 4. The van der Waals surface area contributed by atoms with E-state index in [1.54, 1.807) is 6.20 Å². The van der Waals surface area contributed by atoms with Crippen LogP contribution < -0.4 is 5.32 Å². The third-order valence-corrected chi connectivity index (χ3v) is 3.08. The number of aromatic nitrogens is 2. The van der Waals surface area contributed by atoms with Crippen molar-refractivity contribution < 1.29 is 0 Å². The van der Waals surface area contributed by atoms with E-state index in [-0.39, 0.29) is 0 Å². The van der Waals surface area contributed by atoms with Gasteiger partial charge in [-0.15, -0.1) is 0 Å². The fourth-order valence-corrected chi connectivity index (χ4v) is 2.08. The van der Waals surface area contributed by atoms with Crippen molar-refractivity contribution in [1.82, 2.24) is 9.97 Å². The van der Waals surface area contributed by atoms with Gasteiger partial charge < -0.3 is 5.32 Å². The molecule has 3 rings (SSSR count). The van der Waals surface area contributed by atoms with E-state index < -0.39 is 0 Å². The third kappa shape index (κ3) is 2.43. The summed E-state index contributed by atoms with van der Waals surface area (Å²) in [4.78, 5) is 8.10. The Hall–Kier alpha value is -2.93. The summed E-state index contributed by atoms with van der Waals surface area (Å²) >= 11 is 0. The Labute approximate surface area is 116 Å². The standard InChI is InChI=1S/C16H12N4/c17-10-15-16(19-8-7-18-15)20-11-12-5-6-13-3-1-2-4-14(13)9-12/h1-9H,11H2,(H,19,20). The van der Waals surface area contributed by atoms with Gasteiger partial charge in [0.15, 0.2) is 11.5 Å². The Balaban J connectivity index is 1.82.